The van der Waals surface area contributed by atoms with Gasteiger partial charge in [-0.15, -0.1) is 11.3 Å². The quantitative estimate of drug-likeness (QED) is 0.919. The number of hydrogen-bond acceptors (Lipinski definition) is 3. The Kier molecular flexibility index (Phi) is 3.92. The molecule has 1 aliphatic heterocycles. The molecule has 0 unspecified atom stereocenters. The van der Waals surface area contributed by atoms with Gasteiger partial charge in [-0.05, 0) is 44.8 Å². The van der Waals surface area contributed by atoms with E-state index in [2.05, 4.69) is 27.2 Å². The molecule has 4 rings (SSSR count). The van der Waals surface area contributed by atoms with Crippen molar-refractivity contribution in [3.8, 4) is 0 Å². The van der Waals surface area contributed by atoms with Crippen molar-refractivity contribution in [3.05, 3.63) is 23.3 Å². The second kappa shape index (κ2) is 6.05. The van der Waals surface area contributed by atoms with Crippen molar-refractivity contribution >= 4 is 27.3 Å². The minimum atomic E-state index is 0.0798. The number of rotatable bonds is 5. The molecule has 5 heteroatoms. The van der Waals surface area contributed by atoms with E-state index >= 15 is 0 Å². The predicted octanol–water partition coefficient (Wildman–Crippen LogP) is 3.25. The van der Waals surface area contributed by atoms with Gasteiger partial charge in [0, 0.05) is 36.9 Å². The highest BCUT2D eigenvalue weighted by molar-refractivity contribution is 7.20. The molecule has 2 aromatic heterocycles. The Bertz CT molecular complexity index is 633. The van der Waals surface area contributed by atoms with E-state index in [4.69, 9.17) is 0 Å². The first-order valence-corrected chi connectivity index (χ1v) is 9.23. The second-order valence-electron chi connectivity index (χ2n) is 6.53. The van der Waals surface area contributed by atoms with E-state index in [0.717, 1.165) is 18.0 Å². The number of nitrogens with zero attached hydrogens (tertiary/aromatic N) is 2. The molecule has 22 heavy (non-hydrogen) atoms. The van der Waals surface area contributed by atoms with Gasteiger partial charge >= 0.3 is 0 Å². The summed E-state index contributed by atoms with van der Waals surface area (Å²) in [6.45, 7) is 4.10. The average molecular weight is 317 g/mol. The molecule has 1 amide bonds. The van der Waals surface area contributed by atoms with Crippen LogP contribution in [0, 0.1) is 0 Å². The van der Waals surface area contributed by atoms with Crippen LogP contribution in [0.15, 0.2) is 18.5 Å². The number of fused-ring (bicyclic) bond motifs is 1. The minimum Gasteiger partial charge on any atom is -0.350 e. The first-order valence-electron chi connectivity index (χ1n) is 8.41. The lowest BCUT2D eigenvalue weighted by molar-refractivity contribution is 0.0950. The maximum absolute atomic E-state index is 12.3. The lowest BCUT2D eigenvalue weighted by Gasteiger charge is -2.26. The van der Waals surface area contributed by atoms with Gasteiger partial charge in [0.2, 0.25) is 0 Å². The summed E-state index contributed by atoms with van der Waals surface area (Å²) in [6.07, 6.45) is 10.9. The van der Waals surface area contributed by atoms with Gasteiger partial charge in [0.1, 0.15) is 0 Å². The van der Waals surface area contributed by atoms with E-state index in [1.165, 1.54) is 55.3 Å². The summed E-state index contributed by atoms with van der Waals surface area (Å²) in [6, 6.07) is 2.75. The Morgan fingerprint density at radius 2 is 2.05 bits per heavy atom. The van der Waals surface area contributed by atoms with Gasteiger partial charge in [-0.2, -0.15) is 0 Å². The number of piperidine rings is 1. The molecule has 2 aromatic rings. The van der Waals surface area contributed by atoms with Gasteiger partial charge in [0.05, 0.1) is 9.58 Å². The highest BCUT2D eigenvalue weighted by atomic mass is 32.1. The molecule has 0 spiro atoms. The molecule has 1 saturated heterocycles. The number of aromatic nitrogens is 1. The number of amides is 1. The molecule has 3 heterocycles. The summed E-state index contributed by atoms with van der Waals surface area (Å²) in [5.74, 6) is 0.0798. The van der Waals surface area contributed by atoms with Crippen molar-refractivity contribution in [2.75, 3.05) is 26.2 Å². The summed E-state index contributed by atoms with van der Waals surface area (Å²) < 4.78 is 3.53. The predicted molar refractivity (Wildman–Crippen MR) is 90.7 cm³/mol. The van der Waals surface area contributed by atoms with E-state index < -0.39 is 0 Å². The van der Waals surface area contributed by atoms with Crippen LogP contribution in [0.5, 0.6) is 0 Å². The van der Waals surface area contributed by atoms with Gasteiger partial charge < -0.3 is 14.8 Å². The van der Waals surface area contributed by atoms with Crippen molar-refractivity contribution < 1.29 is 4.79 Å². The normalized spacial score (nSPS) is 19.6. The number of hydrogen-bond donors (Lipinski definition) is 1. The fraction of sp³-hybridized carbons (Fsp3) is 0.588. The highest BCUT2D eigenvalue weighted by Crippen LogP contribution is 2.38. The Balaban J connectivity index is 1.32. The fourth-order valence-electron chi connectivity index (χ4n) is 3.25. The first-order chi connectivity index (χ1) is 10.8. The number of carbonyl (C=O) groups is 1. The minimum absolute atomic E-state index is 0.0798. The Labute approximate surface area is 135 Å². The fourth-order valence-corrected chi connectivity index (χ4v) is 4.24. The van der Waals surface area contributed by atoms with Crippen molar-refractivity contribution in [1.82, 2.24) is 14.8 Å². The SMILES string of the molecule is O=C(NCCN1CCCCC1)c1cc2cn(C3CC3)cc2s1. The van der Waals surface area contributed by atoms with E-state index in [-0.39, 0.29) is 5.91 Å². The first kappa shape index (κ1) is 14.3. The number of likely N-dealkylation sites (tertiary alicyclic amines) is 1. The van der Waals surface area contributed by atoms with Crippen LogP contribution in [0.25, 0.3) is 10.1 Å². The Hall–Kier alpha value is -1.33. The van der Waals surface area contributed by atoms with Crippen LogP contribution < -0.4 is 5.32 Å². The topological polar surface area (TPSA) is 37.3 Å². The van der Waals surface area contributed by atoms with Crippen molar-refractivity contribution in [2.24, 2.45) is 0 Å². The smallest absolute Gasteiger partial charge is 0.261 e. The summed E-state index contributed by atoms with van der Waals surface area (Å²) in [4.78, 5) is 15.6. The second-order valence-corrected chi connectivity index (χ2v) is 7.61. The van der Waals surface area contributed by atoms with Gasteiger partial charge in [-0.1, -0.05) is 6.42 Å². The Morgan fingerprint density at radius 1 is 1.23 bits per heavy atom. The van der Waals surface area contributed by atoms with Crippen LogP contribution in [-0.2, 0) is 0 Å². The average Bonchev–Trinajstić information content (AvgIpc) is 3.18. The molecule has 0 radical (unpaired) electrons. The standard InChI is InChI=1S/C17H23N3OS/c21-17(18-6-9-19-7-2-1-3-8-19)15-10-13-11-20(14-4-5-14)12-16(13)22-15/h10-12,14H,1-9H2,(H,18,21). The molecule has 2 fully saturated rings. The van der Waals surface area contributed by atoms with Crippen molar-refractivity contribution in [3.63, 3.8) is 0 Å². The number of thiophene rings is 1. The molecule has 1 N–H and O–H groups in total. The molecule has 0 bridgehead atoms. The van der Waals surface area contributed by atoms with Crippen molar-refractivity contribution in [1.29, 1.82) is 0 Å². The van der Waals surface area contributed by atoms with Crippen LogP contribution in [-0.4, -0.2) is 41.6 Å². The molecule has 2 aliphatic rings. The van der Waals surface area contributed by atoms with Gasteiger partial charge in [-0.3, -0.25) is 4.79 Å². The molecular weight excluding hydrogens is 294 g/mol. The van der Waals surface area contributed by atoms with Crippen LogP contribution in [0.3, 0.4) is 0 Å². The lowest BCUT2D eigenvalue weighted by atomic mass is 10.1. The largest absolute Gasteiger partial charge is 0.350 e. The molecule has 1 saturated carbocycles. The third kappa shape index (κ3) is 3.06. The van der Waals surface area contributed by atoms with E-state index in [1.807, 2.05) is 6.07 Å². The van der Waals surface area contributed by atoms with Crippen LogP contribution in [0.1, 0.15) is 47.8 Å². The molecule has 4 nitrogen and oxygen atoms in total. The van der Waals surface area contributed by atoms with Gasteiger partial charge in [-0.25, -0.2) is 0 Å². The monoisotopic (exact) mass is 317 g/mol. The van der Waals surface area contributed by atoms with Crippen LogP contribution in [0.4, 0.5) is 0 Å². The maximum atomic E-state index is 12.3. The van der Waals surface area contributed by atoms with Gasteiger partial charge in [0.25, 0.3) is 5.91 Å². The van der Waals surface area contributed by atoms with Crippen LogP contribution >= 0.6 is 11.3 Å². The van der Waals surface area contributed by atoms with E-state index in [0.29, 0.717) is 6.04 Å². The Morgan fingerprint density at radius 3 is 2.77 bits per heavy atom. The van der Waals surface area contributed by atoms with E-state index in [9.17, 15) is 4.79 Å². The molecule has 0 atom stereocenters. The summed E-state index contributed by atoms with van der Waals surface area (Å²) >= 11 is 1.61. The van der Waals surface area contributed by atoms with Crippen molar-refractivity contribution in [2.45, 2.75) is 38.1 Å². The zero-order valence-electron chi connectivity index (χ0n) is 12.9. The summed E-state index contributed by atoms with van der Waals surface area (Å²) in [7, 11) is 0. The van der Waals surface area contributed by atoms with Gasteiger partial charge in [0.15, 0.2) is 0 Å². The third-order valence-corrected chi connectivity index (χ3v) is 5.78. The lowest BCUT2D eigenvalue weighted by Crippen LogP contribution is -2.37. The number of nitrogens with one attached hydrogen (secondary N) is 1. The molecular formula is C17H23N3OS. The summed E-state index contributed by atoms with van der Waals surface area (Å²) in [5.41, 5.74) is 0. The highest BCUT2D eigenvalue weighted by Gasteiger charge is 2.24. The number of carbonyl (C=O) groups excluding carboxylic acids is 1. The molecule has 0 aromatic carbocycles. The summed E-state index contributed by atoms with van der Waals surface area (Å²) in [5, 5.41) is 4.28. The maximum Gasteiger partial charge on any atom is 0.261 e. The zero-order valence-corrected chi connectivity index (χ0v) is 13.7. The van der Waals surface area contributed by atoms with Crippen LogP contribution in [0.2, 0.25) is 0 Å². The third-order valence-electron chi connectivity index (χ3n) is 4.70. The zero-order chi connectivity index (χ0) is 14.9. The van der Waals surface area contributed by atoms with E-state index in [1.54, 1.807) is 11.3 Å². The molecule has 118 valence electrons. The molecule has 1 aliphatic carbocycles.